The Bertz CT molecular complexity index is 901. The number of H-pyrrole nitrogens is 1. The Morgan fingerprint density at radius 3 is 3.04 bits per heavy atom. The highest BCUT2D eigenvalue weighted by Gasteiger charge is 2.15. The summed E-state index contributed by atoms with van der Waals surface area (Å²) in [6.07, 6.45) is 0. The first-order valence-corrected chi connectivity index (χ1v) is 7.33. The molecule has 1 amide bonds. The summed E-state index contributed by atoms with van der Waals surface area (Å²) in [5.41, 5.74) is 3.06. The molecule has 0 saturated carbocycles. The van der Waals surface area contributed by atoms with E-state index in [9.17, 15) is 4.79 Å². The Labute approximate surface area is 132 Å². The molecule has 2 aromatic carbocycles. The minimum atomic E-state index is -0.153. The minimum absolute atomic E-state index is 0.153. The number of hydrogen-bond donors (Lipinski definition) is 2. The van der Waals surface area contributed by atoms with E-state index in [0.717, 1.165) is 22.7 Å². The molecular formula is C17H15N3O3. The van der Waals surface area contributed by atoms with E-state index in [1.54, 1.807) is 6.07 Å². The van der Waals surface area contributed by atoms with E-state index in [-0.39, 0.29) is 12.7 Å². The first kappa shape index (κ1) is 13.6. The van der Waals surface area contributed by atoms with Gasteiger partial charge in [0.05, 0.1) is 11.1 Å². The predicted molar refractivity (Wildman–Crippen MR) is 84.6 cm³/mol. The summed E-state index contributed by atoms with van der Waals surface area (Å²) in [5, 5.41) is 2.92. The van der Waals surface area contributed by atoms with Gasteiger partial charge in [0.2, 0.25) is 6.79 Å². The van der Waals surface area contributed by atoms with Crippen LogP contribution < -0.4 is 14.8 Å². The van der Waals surface area contributed by atoms with Gasteiger partial charge >= 0.3 is 0 Å². The number of ether oxygens (including phenoxy) is 2. The second kappa shape index (κ2) is 5.31. The van der Waals surface area contributed by atoms with Crippen molar-refractivity contribution in [1.82, 2.24) is 15.3 Å². The molecule has 0 saturated heterocycles. The van der Waals surface area contributed by atoms with Crippen molar-refractivity contribution in [2.75, 3.05) is 6.79 Å². The number of para-hydroxylation sites is 1. The molecule has 0 unspecified atom stereocenters. The van der Waals surface area contributed by atoms with Gasteiger partial charge in [0.25, 0.3) is 5.91 Å². The summed E-state index contributed by atoms with van der Waals surface area (Å²) in [5.74, 6) is 2.08. The van der Waals surface area contributed by atoms with Gasteiger partial charge in [-0.15, -0.1) is 0 Å². The number of imidazole rings is 1. The normalized spacial score (nSPS) is 12.6. The van der Waals surface area contributed by atoms with Crippen LogP contribution in [0.4, 0.5) is 0 Å². The topological polar surface area (TPSA) is 76.2 Å². The zero-order chi connectivity index (χ0) is 15.8. The second-order valence-corrected chi connectivity index (χ2v) is 5.39. The van der Waals surface area contributed by atoms with E-state index in [1.807, 2.05) is 37.3 Å². The molecule has 3 aromatic rings. The average Bonchev–Trinajstić information content (AvgIpc) is 3.16. The van der Waals surface area contributed by atoms with E-state index in [2.05, 4.69) is 15.3 Å². The molecule has 0 aliphatic carbocycles. The highest BCUT2D eigenvalue weighted by Crippen LogP contribution is 2.32. The van der Waals surface area contributed by atoms with Crippen LogP contribution in [0.3, 0.4) is 0 Å². The molecule has 0 bridgehead atoms. The number of fused-ring (bicyclic) bond motifs is 2. The Morgan fingerprint density at radius 1 is 1.26 bits per heavy atom. The molecule has 6 heteroatoms. The summed E-state index contributed by atoms with van der Waals surface area (Å²) in [4.78, 5) is 20.0. The molecular weight excluding hydrogens is 294 g/mol. The lowest BCUT2D eigenvalue weighted by Crippen LogP contribution is -2.23. The summed E-state index contributed by atoms with van der Waals surface area (Å²) >= 11 is 0. The maximum atomic E-state index is 12.5. The first-order valence-electron chi connectivity index (χ1n) is 7.33. The number of benzene rings is 2. The van der Waals surface area contributed by atoms with Crippen molar-refractivity contribution in [3.8, 4) is 11.5 Å². The van der Waals surface area contributed by atoms with Gasteiger partial charge in [-0.2, -0.15) is 0 Å². The van der Waals surface area contributed by atoms with Crippen molar-refractivity contribution < 1.29 is 14.3 Å². The number of aromatic nitrogens is 2. The molecule has 2 heterocycles. The molecule has 0 atom stereocenters. The fourth-order valence-electron chi connectivity index (χ4n) is 2.67. The van der Waals surface area contributed by atoms with Crippen molar-refractivity contribution >= 4 is 16.9 Å². The maximum absolute atomic E-state index is 12.5. The van der Waals surface area contributed by atoms with Gasteiger partial charge in [0, 0.05) is 6.54 Å². The van der Waals surface area contributed by atoms with Crippen LogP contribution in [0.25, 0.3) is 11.0 Å². The molecule has 1 aliphatic heterocycles. The Kier molecular flexibility index (Phi) is 3.15. The largest absolute Gasteiger partial charge is 0.454 e. The van der Waals surface area contributed by atoms with Crippen LogP contribution in [-0.4, -0.2) is 22.7 Å². The number of carbonyl (C=O) groups excluding carboxylic acids is 1. The zero-order valence-electron chi connectivity index (χ0n) is 12.6. The number of nitrogens with one attached hydrogen (secondary N) is 2. The molecule has 0 fully saturated rings. The van der Waals surface area contributed by atoms with E-state index in [0.29, 0.717) is 23.4 Å². The molecule has 1 aliphatic rings. The molecule has 1 aromatic heterocycles. The lowest BCUT2D eigenvalue weighted by Gasteiger charge is -2.07. The third kappa shape index (κ3) is 2.48. The SMILES string of the molecule is Cc1nc2c(C(=O)NCc3ccc4c(c3)OCO4)cccc2[nH]1. The van der Waals surface area contributed by atoms with Gasteiger partial charge in [0.15, 0.2) is 11.5 Å². The monoisotopic (exact) mass is 309 g/mol. The quantitative estimate of drug-likeness (QED) is 0.779. The van der Waals surface area contributed by atoms with Crippen LogP contribution in [0.5, 0.6) is 11.5 Å². The lowest BCUT2D eigenvalue weighted by molar-refractivity contribution is 0.0952. The molecule has 116 valence electrons. The minimum Gasteiger partial charge on any atom is -0.454 e. The van der Waals surface area contributed by atoms with Crippen LogP contribution in [-0.2, 0) is 6.54 Å². The molecule has 6 nitrogen and oxygen atoms in total. The number of amides is 1. The fraction of sp³-hybridized carbons (Fsp3) is 0.176. The number of carbonyl (C=O) groups is 1. The van der Waals surface area contributed by atoms with Crippen molar-refractivity contribution in [1.29, 1.82) is 0 Å². The van der Waals surface area contributed by atoms with Crippen LogP contribution in [0, 0.1) is 6.92 Å². The van der Waals surface area contributed by atoms with Crippen LogP contribution in [0.15, 0.2) is 36.4 Å². The van der Waals surface area contributed by atoms with Gasteiger partial charge in [-0.3, -0.25) is 4.79 Å². The zero-order valence-corrected chi connectivity index (χ0v) is 12.6. The van der Waals surface area contributed by atoms with E-state index in [4.69, 9.17) is 9.47 Å². The first-order chi connectivity index (χ1) is 11.2. The molecule has 23 heavy (non-hydrogen) atoms. The van der Waals surface area contributed by atoms with E-state index < -0.39 is 0 Å². The number of aryl methyl sites for hydroxylation is 1. The number of hydrogen-bond acceptors (Lipinski definition) is 4. The highest BCUT2D eigenvalue weighted by atomic mass is 16.7. The van der Waals surface area contributed by atoms with Gasteiger partial charge in [-0.1, -0.05) is 12.1 Å². The smallest absolute Gasteiger partial charge is 0.253 e. The van der Waals surface area contributed by atoms with Crippen LogP contribution in [0.2, 0.25) is 0 Å². The van der Waals surface area contributed by atoms with E-state index >= 15 is 0 Å². The average molecular weight is 309 g/mol. The number of nitrogens with zero attached hydrogens (tertiary/aromatic N) is 1. The van der Waals surface area contributed by atoms with Gasteiger partial charge in [-0.25, -0.2) is 4.98 Å². The molecule has 0 radical (unpaired) electrons. The second-order valence-electron chi connectivity index (χ2n) is 5.39. The summed E-state index contributed by atoms with van der Waals surface area (Å²) in [7, 11) is 0. The Hall–Kier alpha value is -3.02. The molecule has 0 spiro atoms. The standard InChI is InChI=1S/C17H15N3O3/c1-10-19-13-4-2-3-12(16(13)20-10)17(21)18-8-11-5-6-14-15(7-11)23-9-22-14/h2-7H,8-9H2,1H3,(H,18,21)(H,19,20). The van der Waals surface area contributed by atoms with Crippen LogP contribution >= 0.6 is 0 Å². The number of aromatic amines is 1. The van der Waals surface area contributed by atoms with Crippen LogP contribution in [0.1, 0.15) is 21.7 Å². The van der Waals surface area contributed by atoms with Crippen molar-refractivity contribution in [2.24, 2.45) is 0 Å². The molecule has 4 rings (SSSR count). The van der Waals surface area contributed by atoms with Crippen molar-refractivity contribution in [3.63, 3.8) is 0 Å². The third-order valence-electron chi connectivity index (χ3n) is 3.77. The van der Waals surface area contributed by atoms with Crippen molar-refractivity contribution in [2.45, 2.75) is 13.5 Å². The van der Waals surface area contributed by atoms with Crippen molar-refractivity contribution in [3.05, 3.63) is 53.3 Å². The van der Waals surface area contributed by atoms with E-state index in [1.165, 1.54) is 0 Å². The lowest BCUT2D eigenvalue weighted by atomic mass is 10.1. The van der Waals surface area contributed by atoms with Gasteiger partial charge in [-0.05, 0) is 36.8 Å². The van der Waals surface area contributed by atoms with Gasteiger partial charge in [0.1, 0.15) is 11.3 Å². The molecule has 2 N–H and O–H groups in total. The Balaban J connectivity index is 1.53. The summed E-state index contributed by atoms with van der Waals surface area (Å²) in [6.45, 7) is 2.52. The summed E-state index contributed by atoms with van der Waals surface area (Å²) in [6, 6.07) is 11.2. The summed E-state index contributed by atoms with van der Waals surface area (Å²) < 4.78 is 10.6. The highest BCUT2D eigenvalue weighted by molar-refractivity contribution is 6.04. The third-order valence-corrected chi connectivity index (χ3v) is 3.77. The number of rotatable bonds is 3. The maximum Gasteiger partial charge on any atom is 0.253 e. The van der Waals surface area contributed by atoms with Gasteiger partial charge < -0.3 is 19.8 Å². The predicted octanol–water partition coefficient (Wildman–Crippen LogP) is 2.53. The fourth-order valence-corrected chi connectivity index (χ4v) is 2.67. The Morgan fingerprint density at radius 2 is 2.13 bits per heavy atom.